The van der Waals surface area contributed by atoms with Crippen LogP contribution in [0.5, 0.6) is 0 Å². The maximum atomic E-state index is 14.3. The van der Waals surface area contributed by atoms with E-state index in [1.54, 1.807) is 12.1 Å². The first-order valence-electron chi connectivity index (χ1n) is 8.30. The summed E-state index contributed by atoms with van der Waals surface area (Å²) in [5.74, 6) is -0.536. The van der Waals surface area contributed by atoms with Gasteiger partial charge >= 0.3 is 0 Å². The average molecular weight is 420 g/mol. The van der Waals surface area contributed by atoms with E-state index >= 15 is 0 Å². The third kappa shape index (κ3) is 5.12. The van der Waals surface area contributed by atoms with Gasteiger partial charge in [-0.05, 0) is 35.4 Å². The highest BCUT2D eigenvalue weighted by atomic mass is 79.9. The topological polar surface area (TPSA) is 53.9 Å². The van der Waals surface area contributed by atoms with Crippen LogP contribution < -0.4 is 10.3 Å². The molecule has 1 saturated heterocycles. The van der Waals surface area contributed by atoms with Crippen LogP contribution in [0.4, 0.5) is 10.1 Å². The second kappa shape index (κ2) is 8.91. The van der Waals surface area contributed by atoms with Gasteiger partial charge in [-0.1, -0.05) is 34.1 Å². The lowest BCUT2D eigenvalue weighted by Gasteiger charge is -2.29. The lowest BCUT2D eigenvalue weighted by molar-refractivity contribution is -0.120. The second-order valence-electron chi connectivity index (χ2n) is 5.91. The highest BCUT2D eigenvalue weighted by molar-refractivity contribution is 9.10. The van der Waals surface area contributed by atoms with Crippen molar-refractivity contribution in [2.45, 2.75) is 6.42 Å². The highest BCUT2D eigenvalue weighted by Gasteiger charge is 2.14. The number of hydrogen-bond donors (Lipinski definition) is 1. The minimum absolute atomic E-state index is 0.228. The molecule has 0 atom stereocenters. The van der Waals surface area contributed by atoms with Crippen molar-refractivity contribution >= 4 is 33.7 Å². The summed E-state index contributed by atoms with van der Waals surface area (Å²) in [6, 6.07) is 12.4. The molecule has 0 aromatic heterocycles. The first-order chi connectivity index (χ1) is 12.6. The van der Waals surface area contributed by atoms with Gasteiger partial charge in [0.2, 0.25) is 5.91 Å². The summed E-state index contributed by atoms with van der Waals surface area (Å²) in [6.45, 7) is 2.56. The van der Waals surface area contributed by atoms with Crippen LogP contribution >= 0.6 is 15.9 Å². The molecule has 2 aromatic rings. The number of carbonyl (C=O) groups excluding carboxylic acids is 1. The van der Waals surface area contributed by atoms with Gasteiger partial charge in [-0.15, -0.1) is 0 Å². The zero-order valence-electron chi connectivity index (χ0n) is 14.1. The first kappa shape index (κ1) is 18.5. The van der Waals surface area contributed by atoms with Crippen molar-refractivity contribution in [3.05, 3.63) is 63.9 Å². The molecule has 1 aliphatic heterocycles. The van der Waals surface area contributed by atoms with Crippen LogP contribution in [-0.2, 0) is 16.0 Å². The normalized spacial score (nSPS) is 14.6. The lowest BCUT2D eigenvalue weighted by Crippen LogP contribution is -2.36. The number of nitrogens with one attached hydrogen (secondary N) is 1. The number of benzene rings is 2. The summed E-state index contributed by atoms with van der Waals surface area (Å²) in [6.07, 6.45) is 1.67. The molecule has 7 heteroatoms. The molecule has 5 nitrogen and oxygen atoms in total. The molecule has 1 heterocycles. The van der Waals surface area contributed by atoms with Crippen molar-refractivity contribution in [1.29, 1.82) is 0 Å². The van der Waals surface area contributed by atoms with E-state index in [1.165, 1.54) is 12.3 Å². The molecule has 0 bridgehead atoms. The number of rotatable bonds is 5. The van der Waals surface area contributed by atoms with Crippen LogP contribution in [-0.4, -0.2) is 38.4 Å². The molecule has 1 fully saturated rings. The summed E-state index contributed by atoms with van der Waals surface area (Å²) in [7, 11) is 0. The Hall–Kier alpha value is -2.25. The van der Waals surface area contributed by atoms with Crippen molar-refractivity contribution in [2.75, 3.05) is 31.2 Å². The average Bonchev–Trinajstić information content (AvgIpc) is 2.64. The van der Waals surface area contributed by atoms with Crippen LogP contribution in [0.3, 0.4) is 0 Å². The van der Waals surface area contributed by atoms with E-state index < -0.39 is 0 Å². The van der Waals surface area contributed by atoms with Gasteiger partial charge in [-0.2, -0.15) is 5.10 Å². The molecule has 1 aliphatic rings. The molecule has 0 aliphatic carbocycles. The molecule has 1 N–H and O–H groups in total. The monoisotopic (exact) mass is 419 g/mol. The Balaban J connectivity index is 1.55. The zero-order valence-corrected chi connectivity index (χ0v) is 15.7. The smallest absolute Gasteiger partial charge is 0.244 e. The van der Waals surface area contributed by atoms with E-state index in [1.807, 2.05) is 29.2 Å². The summed E-state index contributed by atoms with van der Waals surface area (Å²) in [5.41, 5.74) is 4.50. The Labute approximate surface area is 160 Å². The third-order valence-electron chi connectivity index (χ3n) is 4.00. The van der Waals surface area contributed by atoms with Crippen LogP contribution in [0.2, 0.25) is 0 Å². The van der Waals surface area contributed by atoms with Crippen molar-refractivity contribution in [3.63, 3.8) is 0 Å². The predicted molar refractivity (Wildman–Crippen MR) is 103 cm³/mol. The third-order valence-corrected chi connectivity index (χ3v) is 4.53. The van der Waals surface area contributed by atoms with Gasteiger partial charge in [0.25, 0.3) is 0 Å². The number of amides is 1. The predicted octanol–water partition coefficient (Wildman–Crippen LogP) is 3.12. The van der Waals surface area contributed by atoms with E-state index in [2.05, 4.69) is 26.5 Å². The Morgan fingerprint density at radius 1 is 1.23 bits per heavy atom. The Morgan fingerprint density at radius 3 is 2.65 bits per heavy atom. The molecule has 0 spiro atoms. The minimum Gasteiger partial charge on any atom is -0.378 e. The SMILES string of the molecule is O=C(Cc1ccc(Br)cc1)N/N=C/c1ccc(N2CCOCC2)c(F)c1. The van der Waals surface area contributed by atoms with Gasteiger partial charge in [0, 0.05) is 17.6 Å². The number of hydrazone groups is 1. The zero-order chi connectivity index (χ0) is 18.4. The van der Waals surface area contributed by atoms with Gasteiger partial charge in [-0.25, -0.2) is 9.82 Å². The number of morpholine rings is 1. The van der Waals surface area contributed by atoms with Crippen molar-refractivity contribution in [2.24, 2.45) is 5.10 Å². The second-order valence-corrected chi connectivity index (χ2v) is 6.82. The number of hydrogen-bond acceptors (Lipinski definition) is 4. The summed E-state index contributed by atoms with van der Waals surface area (Å²) in [4.78, 5) is 13.8. The van der Waals surface area contributed by atoms with Crippen LogP contribution in [0.1, 0.15) is 11.1 Å². The number of ether oxygens (including phenoxy) is 1. The fourth-order valence-electron chi connectivity index (χ4n) is 2.67. The molecular formula is C19H19BrFN3O2. The largest absolute Gasteiger partial charge is 0.378 e. The van der Waals surface area contributed by atoms with Gasteiger partial charge in [0.1, 0.15) is 5.82 Å². The van der Waals surface area contributed by atoms with E-state index in [0.717, 1.165) is 10.0 Å². The van der Waals surface area contributed by atoms with Crippen LogP contribution in [0.15, 0.2) is 52.0 Å². The summed E-state index contributed by atoms with van der Waals surface area (Å²) in [5, 5.41) is 3.90. The lowest BCUT2D eigenvalue weighted by atomic mass is 10.1. The van der Waals surface area contributed by atoms with Gasteiger partial charge in [-0.3, -0.25) is 4.79 Å². The maximum absolute atomic E-state index is 14.3. The van der Waals surface area contributed by atoms with Gasteiger partial charge in [0.05, 0.1) is 31.5 Å². The van der Waals surface area contributed by atoms with E-state index in [0.29, 0.717) is 37.6 Å². The minimum atomic E-state index is -0.308. The summed E-state index contributed by atoms with van der Waals surface area (Å²) >= 11 is 3.35. The Bertz CT molecular complexity index is 790. The molecule has 0 radical (unpaired) electrons. The Kier molecular flexibility index (Phi) is 6.35. The molecule has 136 valence electrons. The van der Waals surface area contributed by atoms with Crippen molar-refractivity contribution < 1.29 is 13.9 Å². The fraction of sp³-hybridized carbons (Fsp3) is 0.263. The standard InChI is InChI=1S/C19H19BrFN3O2/c20-16-4-1-14(2-5-16)12-19(25)23-22-13-15-3-6-18(17(21)11-15)24-7-9-26-10-8-24/h1-6,11,13H,7-10,12H2,(H,23,25)/b22-13+. The van der Waals surface area contributed by atoms with Gasteiger partial charge < -0.3 is 9.64 Å². The quantitative estimate of drug-likeness (QED) is 0.598. The number of halogens is 2. The fourth-order valence-corrected chi connectivity index (χ4v) is 2.93. The van der Waals surface area contributed by atoms with Gasteiger partial charge in [0.15, 0.2) is 0 Å². The van der Waals surface area contributed by atoms with E-state index in [4.69, 9.17) is 4.74 Å². The number of anilines is 1. The Morgan fingerprint density at radius 2 is 1.96 bits per heavy atom. The van der Waals surface area contributed by atoms with Crippen LogP contribution in [0, 0.1) is 5.82 Å². The van der Waals surface area contributed by atoms with Crippen molar-refractivity contribution in [1.82, 2.24) is 5.43 Å². The van der Waals surface area contributed by atoms with E-state index in [9.17, 15) is 9.18 Å². The molecule has 3 rings (SSSR count). The number of nitrogens with zero attached hydrogens (tertiary/aromatic N) is 2. The molecule has 0 unspecified atom stereocenters. The van der Waals surface area contributed by atoms with Crippen LogP contribution in [0.25, 0.3) is 0 Å². The first-order valence-corrected chi connectivity index (χ1v) is 9.10. The van der Waals surface area contributed by atoms with E-state index in [-0.39, 0.29) is 18.1 Å². The molecule has 1 amide bonds. The highest BCUT2D eigenvalue weighted by Crippen LogP contribution is 2.21. The molecular weight excluding hydrogens is 401 g/mol. The number of carbonyl (C=O) groups is 1. The van der Waals surface area contributed by atoms with Crippen molar-refractivity contribution in [3.8, 4) is 0 Å². The maximum Gasteiger partial charge on any atom is 0.244 e. The molecule has 26 heavy (non-hydrogen) atoms. The molecule has 2 aromatic carbocycles. The summed E-state index contributed by atoms with van der Waals surface area (Å²) < 4.78 is 20.5. The molecule has 0 saturated carbocycles.